The van der Waals surface area contributed by atoms with Crippen molar-refractivity contribution in [3.05, 3.63) is 58.6 Å². The van der Waals surface area contributed by atoms with Gasteiger partial charge in [0.2, 0.25) is 21.8 Å². The van der Waals surface area contributed by atoms with E-state index in [0.717, 1.165) is 18.4 Å². The van der Waals surface area contributed by atoms with E-state index in [0.29, 0.717) is 28.1 Å². The number of carbonyl (C=O) groups is 2. The van der Waals surface area contributed by atoms with Gasteiger partial charge < -0.3 is 15.0 Å². The lowest BCUT2D eigenvalue weighted by Gasteiger charge is -2.33. The second-order valence-corrected chi connectivity index (χ2v) is 11.4. The fraction of sp³-hybridized carbons (Fsp3) is 0.462. The first-order valence-corrected chi connectivity index (χ1v) is 14.4. The van der Waals surface area contributed by atoms with Crippen LogP contribution in [0.15, 0.2) is 42.5 Å². The molecule has 0 saturated heterocycles. The number of hydrogen-bond donors (Lipinski definition) is 1. The highest BCUT2D eigenvalue weighted by molar-refractivity contribution is 7.92. The maximum absolute atomic E-state index is 13.7. The van der Waals surface area contributed by atoms with Crippen LogP contribution in [0, 0.1) is 0 Å². The fourth-order valence-electron chi connectivity index (χ4n) is 3.79. The number of hydrogen-bond acceptors (Lipinski definition) is 5. The summed E-state index contributed by atoms with van der Waals surface area (Å²) in [6, 6.07) is 8.19. The lowest BCUT2D eigenvalue weighted by Crippen LogP contribution is -2.53. The summed E-state index contributed by atoms with van der Waals surface area (Å²) in [5.74, 6) is -0.624. The largest absolute Gasteiger partial charge is 0.497 e. The third kappa shape index (κ3) is 8.76. The molecule has 0 aliphatic heterocycles. The highest BCUT2D eigenvalue weighted by atomic mass is 35.5. The number of sulfonamides is 1. The summed E-state index contributed by atoms with van der Waals surface area (Å²) < 4.78 is 71.5. The number of benzene rings is 2. The Labute approximate surface area is 232 Å². The maximum Gasteiger partial charge on any atom is 0.417 e. The van der Waals surface area contributed by atoms with Gasteiger partial charge in [0.05, 0.1) is 29.6 Å². The molecule has 2 aromatic carbocycles. The quantitative estimate of drug-likeness (QED) is 0.380. The molecule has 2 amide bonds. The molecule has 0 saturated carbocycles. The number of methoxy groups -OCH3 is 1. The second kappa shape index (κ2) is 13.4. The molecule has 0 aromatic heterocycles. The smallest absolute Gasteiger partial charge is 0.417 e. The molecule has 1 N–H and O–H groups in total. The zero-order valence-corrected chi connectivity index (χ0v) is 24.0. The maximum atomic E-state index is 13.7. The minimum absolute atomic E-state index is 0.0543. The van der Waals surface area contributed by atoms with Gasteiger partial charge in [0, 0.05) is 12.6 Å². The fourth-order valence-corrected chi connectivity index (χ4v) is 4.85. The van der Waals surface area contributed by atoms with E-state index < -0.39 is 51.2 Å². The van der Waals surface area contributed by atoms with Gasteiger partial charge in [0.1, 0.15) is 18.3 Å². The number of halogens is 4. The van der Waals surface area contributed by atoms with Crippen LogP contribution in [-0.4, -0.2) is 57.1 Å². The molecule has 0 spiro atoms. The molecule has 2 atom stereocenters. The van der Waals surface area contributed by atoms with Gasteiger partial charge in [-0.3, -0.25) is 13.9 Å². The number of nitrogens with one attached hydrogen (secondary N) is 1. The molecule has 39 heavy (non-hydrogen) atoms. The van der Waals surface area contributed by atoms with Crippen molar-refractivity contribution < 1.29 is 35.9 Å². The van der Waals surface area contributed by atoms with Gasteiger partial charge in [-0.2, -0.15) is 13.2 Å². The molecular formula is C26H33ClF3N3O5S. The van der Waals surface area contributed by atoms with Crippen molar-refractivity contribution in [2.75, 3.05) is 24.2 Å². The number of alkyl halides is 3. The Hall–Kier alpha value is -2.99. The predicted octanol–water partition coefficient (Wildman–Crippen LogP) is 4.86. The van der Waals surface area contributed by atoms with Crippen LogP contribution >= 0.6 is 11.6 Å². The summed E-state index contributed by atoms with van der Waals surface area (Å²) in [7, 11) is -2.72. The Bertz CT molecular complexity index is 1260. The Balaban J connectivity index is 2.52. The molecule has 0 aliphatic carbocycles. The number of amides is 2. The third-order valence-corrected chi connectivity index (χ3v) is 7.59. The van der Waals surface area contributed by atoms with Crippen molar-refractivity contribution in [3.8, 4) is 5.75 Å². The number of nitrogens with zero attached hydrogens (tertiary/aromatic N) is 2. The van der Waals surface area contributed by atoms with E-state index in [1.165, 1.54) is 12.0 Å². The average molecular weight is 592 g/mol. The number of anilines is 1. The van der Waals surface area contributed by atoms with Gasteiger partial charge in [0.15, 0.2) is 0 Å². The lowest BCUT2D eigenvalue weighted by atomic mass is 10.1. The van der Waals surface area contributed by atoms with Crippen molar-refractivity contribution in [2.24, 2.45) is 0 Å². The van der Waals surface area contributed by atoms with E-state index in [2.05, 4.69) is 5.32 Å². The van der Waals surface area contributed by atoms with Crippen LogP contribution in [0.5, 0.6) is 5.75 Å². The molecule has 2 unspecified atom stereocenters. The Kier molecular flexibility index (Phi) is 11.1. The minimum atomic E-state index is -4.85. The normalized spacial score (nSPS) is 13.4. The standard InChI is InChI=1S/C26H33ClF3N3O5S/c1-6-17(3)31-25(35)23(7-2)32(15-18-8-11-20(38-4)12-9-18)24(34)16-33(39(5,36)37)19-10-13-22(27)21(14-19)26(28,29)30/h8-14,17,23H,6-7,15-16H2,1-5H3,(H,31,35). The monoisotopic (exact) mass is 591 g/mol. The van der Waals surface area contributed by atoms with Gasteiger partial charge in [-0.1, -0.05) is 37.6 Å². The second-order valence-electron chi connectivity index (χ2n) is 9.04. The minimum Gasteiger partial charge on any atom is -0.497 e. The summed E-state index contributed by atoms with van der Waals surface area (Å²) in [5, 5.41) is 2.23. The SMILES string of the molecule is CCC(C)NC(=O)C(CC)N(Cc1ccc(OC)cc1)C(=O)CN(c1ccc(Cl)c(C(F)(F)F)c1)S(C)(=O)=O. The zero-order chi connectivity index (χ0) is 29.5. The molecule has 0 radical (unpaired) electrons. The molecule has 2 rings (SSSR count). The average Bonchev–Trinajstić information content (AvgIpc) is 2.86. The summed E-state index contributed by atoms with van der Waals surface area (Å²) in [6.07, 6.45) is -3.21. The van der Waals surface area contributed by atoms with Gasteiger partial charge in [-0.15, -0.1) is 0 Å². The molecular weight excluding hydrogens is 559 g/mol. The first kappa shape index (κ1) is 32.2. The molecule has 2 aromatic rings. The summed E-state index contributed by atoms with van der Waals surface area (Å²) >= 11 is 5.70. The molecule has 8 nitrogen and oxygen atoms in total. The first-order valence-electron chi connectivity index (χ1n) is 12.2. The highest BCUT2D eigenvalue weighted by Gasteiger charge is 2.36. The zero-order valence-electron chi connectivity index (χ0n) is 22.4. The van der Waals surface area contributed by atoms with Gasteiger partial charge in [0.25, 0.3) is 0 Å². The van der Waals surface area contributed by atoms with E-state index in [4.69, 9.17) is 16.3 Å². The first-order chi connectivity index (χ1) is 18.1. The summed E-state index contributed by atoms with van der Waals surface area (Å²) in [5.41, 5.74) is -0.989. The lowest BCUT2D eigenvalue weighted by molar-refractivity contribution is -0.140. The number of ether oxygens (including phenoxy) is 1. The molecule has 0 bridgehead atoms. The van der Waals surface area contributed by atoms with Crippen LogP contribution in [0.1, 0.15) is 44.7 Å². The van der Waals surface area contributed by atoms with E-state index in [-0.39, 0.29) is 24.7 Å². The van der Waals surface area contributed by atoms with Crippen molar-refractivity contribution in [1.29, 1.82) is 0 Å². The molecule has 0 heterocycles. The van der Waals surface area contributed by atoms with E-state index in [9.17, 15) is 31.2 Å². The Morgan fingerprint density at radius 1 is 1.08 bits per heavy atom. The van der Waals surface area contributed by atoms with Crippen molar-refractivity contribution in [2.45, 2.75) is 58.4 Å². The van der Waals surface area contributed by atoms with Crippen molar-refractivity contribution in [1.82, 2.24) is 10.2 Å². The van der Waals surface area contributed by atoms with Crippen LogP contribution in [0.3, 0.4) is 0 Å². The Morgan fingerprint density at radius 2 is 1.69 bits per heavy atom. The molecule has 0 fully saturated rings. The van der Waals surface area contributed by atoms with Crippen LogP contribution in [0.4, 0.5) is 18.9 Å². The topological polar surface area (TPSA) is 96.0 Å². The Morgan fingerprint density at radius 3 is 2.18 bits per heavy atom. The van der Waals surface area contributed by atoms with Crippen LogP contribution in [0.25, 0.3) is 0 Å². The predicted molar refractivity (Wildman–Crippen MR) is 144 cm³/mol. The summed E-state index contributed by atoms with van der Waals surface area (Å²) in [4.78, 5) is 28.0. The highest BCUT2D eigenvalue weighted by Crippen LogP contribution is 2.37. The van der Waals surface area contributed by atoms with Gasteiger partial charge in [-0.05, 0) is 55.7 Å². The van der Waals surface area contributed by atoms with Crippen LogP contribution in [0.2, 0.25) is 5.02 Å². The van der Waals surface area contributed by atoms with Gasteiger partial charge >= 0.3 is 6.18 Å². The van der Waals surface area contributed by atoms with E-state index in [1.54, 1.807) is 31.2 Å². The number of carbonyl (C=O) groups excluding carboxylic acids is 2. The molecule has 13 heteroatoms. The van der Waals surface area contributed by atoms with E-state index >= 15 is 0 Å². The van der Waals surface area contributed by atoms with Crippen molar-refractivity contribution in [3.63, 3.8) is 0 Å². The van der Waals surface area contributed by atoms with Crippen LogP contribution < -0.4 is 14.4 Å². The summed E-state index contributed by atoms with van der Waals surface area (Å²) in [6.45, 7) is 4.52. The van der Waals surface area contributed by atoms with Crippen LogP contribution in [-0.2, 0) is 32.3 Å². The van der Waals surface area contributed by atoms with Gasteiger partial charge in [-0.25, -0.2) is 8.42 Å². The molecule has 0 aliphatic rings. The molecule has 216 valence electrons. The third-order valence-electron chi connectivity index (χ3n) is 6.12. The number of rotatable bonds is 12. The van der Waals surface area contributed by atoms with Crippen molar-refractivity contribution >= 4 is 39.1 Å². The van der Waals surface area contributed by atoms with E-state index in [1.807, 2.05) is 13.8 Å².